The van der Waals surface area contributed by atoms with Gasteiger partial charge in [-0.2, -0.15) is 0 Å². The Kier molecular flexibility index (Phi) is 5.77. The van der Waals surface area contributed by atoms with Crippen molar-refractivity contribution in [3.8, 4) is 0 Å². The SMILES string of the molecule is CC(C)NS(=O)(=O)c1ccc(C(=O)N2CC=C(c3ccccc3)CC2)cc1. The van der Waals surface area contributed by atoms with Crippen LogP contribution >= 0.6 is 0 Å². The Morgan fingerprint density at radius 2 is 1.70 bits per heavy atom. The molecule has 0 saturated carbocycles. The second kappa shape index (κ2) is 8.06. The Morgan fingerprint density at radius 1 is 1.04 bits per heavy atom. The highest BCUT2D eigenvalue weighted by molar-refractivity contribution is 7.89. The predicted molar refractivity (Wildman–Crippen MR) is 107 cm³/mol. The molecule has 0 unspecified atom stereocenters. The molecule has 2 aromatic rings. The smallest absolute Gasteiger partial charge is 0.254 e. The van der Waals surface area contributed by atoms with Gasteiger partial charge in [0, 0.05) is 24.7 Å². The average molecular weight is 385 g/mol. The summed E-state index contributed by atoms with van der Waals surface area (Å²) in [5.41, 5.74) is 2.94. The third-order valence-electron chi connectivity index (χ3n) is 4.44. The Bertz CT molecular complexity index is 933. The lowest BCUT2D eigenvalue weighted by Gasteiger charge is -2.27. The molecule has 6 heteroatoms. The van der Waals surface area contributed by atoms with Crippen LogP contribution in [0, 0.1) is 0 Å². The topological polar surface area (TPSA) is 66.5 Å². The molecule has 1 amide bonds. The van der Waals surface area contributed by atoms with Gasteiger partial charge in [0.05, 0.1) is 4.90 Å². The number of rotatable bonds is 5. The fourth-order valence-corrected chi connectivity index (χ4v) is 4.36. The van der Waals surface area contributed by atoms with Gasteiger partial charge in [0.25, 0.3) is 5.91 Å². The van der Waals surface area contributed by atoms with E-state index in [4.69, 9.17) is 0 Å². The Balaban J connectivity index is 1.69. The molecule has 1 N–H and O–H groups in total. The maximum absolute atomic E-state index is 12.7. The molecule has 1 aliphatic rings. The van der Waals surface area contributed by atoms with E-state index in [1.54, 1.807) is 30.9 Å². The lowest BCUT2D eigenvalue weighted by Crippen LogP contribution is -2.34. The van der Waals surface area contributed by atoms with Crippen molar-refractivity contribution in [2.24, 2.45) is 0 Å². The third-order valence-corrected chi connectivity index (χ3v) is 6.12. The van der Waals surface area contributed by atoms with Gasteiger partial charge in [-0.05, 0) is 55.7 Å². The predicted octanol–water partition coefficient (Wildman–Crippen LogP) is 3.30. The minimum Gasteiger partial charge on any atom is -0.335 e. The van der Waals surface area contributed by atoms with Gasteiger partial charge in [-0.1, -0.05) is 36.4 Å². The van der Waals surface area contributed by atoms with Crippen molar-refractivity contribution in [1.29, 1.82) is 0 Å². The van der Waals surface area contributed by atoms with Crippen LogP contribution in [0.15, 0.2) is 65.6 Å². The molecule has 142 valence electrons. The molecule has 5 nitrogen and oxygen atoms in total. The van der Waals surface area contributed by atoms with E-state index >= 15 is 0 Å². The third kappa shape index (κ3) is 4.64. The summed E-state index contributed by atoms with van der Waals surface area (Å²) in [4.78, 5) is 14.7. The summed E-state index contributed by atoms with van der Waals surface area (Å²) in [7, 11) is -3.55. The molecule has 1 aliphatic heterocycles. The molecule has 0 bridgehead atoms. The van der Waals surface area contributed by atoms with Gasteiger partial charge in [-0.25, -0.2) is 13.1 Å². The fourth-order valence-electron chi connectivity index (χ4n) is 3.11. The first-order valence-electron chi connectivity index (χ1n) is 9.03. The number of amides is 1. The van der Waals surface area contributed by atoms with Crippen LogP contribution in [0.1, 0.15) is 36.2 Å². The van der Waals surface area contributed by atoms with E-state index in [0.717, 1.165) is 6.42 Å². The molecule has 2 aromatic carbocycles. The molecular formula is C21H24N2O3S. The number of benzene rings is 2. The molecule has 0 saturated heterocycles. The Hall–Kier alpha value is -2.44. The molecule has 3 rings (SSSR count). The summed E-state index contributed by atoms with van der Waals surface area (Å²) in [6.45, 7) is 4.73. The second-order valence-corrected chi connectivity index (χ2v) is 8.61. The van der Waals surface area contributed by atoms with Crippen molar-refractivity contribution in [2.45, 2.75) is 31.2 Å². The van der Waals surface area contributed by atoms with E-state index in [2.05, 4.69) is 22.9 Å². The maximum atomic E-state index is 12.7. The van der Waals surface area contributed by atoms with E-state index in [9.17, 15) is 13.2 Å². The highest BCUT2D eigenvalue weighted by atomic mass is 32.2. The molecule has 0 radical (unpaired) electrons. The molecule has 0 aliphatic carbocycles. The molecule has 1 heterocycles. The summed E-state index contributed by atoms with van der Waals surface area (Å²) in [6.07, 6.45) is 2.89. The first-order chi connectivity index (χ1) is 12.9. The van der Waals surface area contributed by atoms with Gasteiger partial charge in [0.2, 0.25) is 10.0 Å². The van der Waals surface area contributed by atoms with Crippen molar-refractivity contribution in [3.05, 3.63) is 71.8 Å². The normalized spacial score (nSPS) is 14.9. The Labute approximate surface area is 160 Å². The van der Waals surface area contributed by atoms with Crippen LogP contribution in [0.3, 0.4) is 0 Å². The van der Waals surface area contributed by atoms with Crippen molar-refractivity contribution in [1.82, 2.24) is 9.62 Å². The van der Waals surface area contributed by atoms with E-state index in [1.807, 2.05) is 18.2 Å². The van der Waals surface area contributed by atoms with Gasteiger partial charge < -0.3 is 4.90 Å². The summed E-state index contributed by atoms with van der Waals surface area (Å²) < 4.78 is 26.9. The molecule has 0 atom stereocenters. The van der Waals surface area contributed by atoms with Crippen LogP contribution in [0.25, 0.3) is 5.57 Å². The molecular weight excluding hydrogens is 360 g/mol. The maximum Gasteiger partial charge on any atom is 0.254 e. The summed E-state index contributed by atoms with van der Waals surface area (Å²) in [5, 5.41) is 0. The van der Waals surface area contributed by atoms with Crippen molar-refractivity contribution < 1.29 is 13.2 Å². The fraction of sp³-hybridized carbons (Fsp3) is 0.286. The lowest BCUT2D eigenvalue weighted by molar-refractivity contribution is 0.0772. The van der Waals surface area contributed by atoms with E-state index in [-0.39, 0.29) is 16.8 Å². The van der Waals surface area contributed by atoms with Crippen LogP contribution in [0.4, 0.5) is 0 Å². The van der Waals surface area contributed by atoms with Gasteiger partial charge in [-0.15, -0.1) is 0 Å². The minimum absolute atomic E-state index is 0.0841. The van der Waals surface area contributed by atoms with Gasteiger partial charge >= 0.3 is 0 Å². The Morgan fingerprint density at radius 3 is 2.26 bits per heavy atom. The number of hydrogen-bond donors (Lipinski definition) is 1. The van der Waals surface area contributed by atoms with Gasteiger partial charge in [-0.3, -0.25) is 4.79 Å². The zero-order chi connectivity index (χ0) is 19.4. The number of hydrogen-bond acceptors (Lipinski definition) is 3. The van der Waals surface area contributed by atoms with E-state index in [0.29, 0.717) is 18.7 Å². The first kappa shape index (κ1) is 19.3. The van der Waals surface area contributed by atoms with Crippen LogP contribution in [0.5, 0.6) is 0 Å². The summed E-state index contributed by atoms with van der Waals surface area (Å²) in [6, 6.07) is 16.1. The first-order valence-corrected chi connectivity index (χ1v) is 10.5. The van der Waals surface area contributed by atoms with Crippen LogP contribution in [-0.4, -0.2) is 38.4 Å². The number of nitrogens with zero attached hydrogens (tertiary/aromatic N) is 1. The van der Waals surface area contributed by atoms with Gasteiger partial charge in [0.1, 0.15) is 0 Å². The number of carbonyl (C=O) groups is 1. The van der Waals surface area contributed by atoms with Crippen LogP contribution < -0.4 is 4.72 Å². The number of sulfonamides is 1. The summed E-state index contributed by atoms with van der Waals surface area (Å²) in [5.74, 6) is -0.0841. The second-order valence-electron chi connectivity index (χ2n) is 6.90. The minimum atomic E-state index is -3.55. The van der Waals surface area contributed by atoms with E-state index < -0.39 is 10.0 Å². The standard InChI is InChI=1S/C21H24N2O3S/c1-16(2)22-27(25,26)20-10-8-19(9-11-20)21(24)23-14-12-18(13-15-23)17-6-4-3-5-7-17/h3-12,16,22H,13-15H2,1-2H3. The monoisotopic (exact) mass is 384 g/mol. The lowest BCUT2D eigenvalue weighted by atomic mass is 9.99. The zero-order valence-electron chi connectivity index (χ0n) is 15.6. The molecule has 0 aromatic heterocycles. The van der Waals surface area contributed by atoms with Crippen molar-refractivity contribution in [3.63, 3.8) is 0 Å². The largest absolute Gasteiger partial charge is 0.335 e. The quantitative estimate of drug-likeness (QED) is 0.860. The zero-order valence-corrected chi connectivity index (χ0v) is 16.4. The average Bonchev–Trinajstić information content (AvgIpc) is 2.67. The highest BCUT2D eigenvalue weighted by Crippen LogP contribution is 2.23. The number of nitrogens with one attached hydrogen (secondary N) is 1. The summed E-state index contributed by atoms with van der Waals surface area (Å²) >= 11 is 0. The van der Waals surface area contributed by atoms with Crippen molar-refractivity contribution in [2.75, 3.05) is 13.1 Å². The van der Waals surface area contributed by atoms with E-state index in [1.165, 1.54) is 23.3 Å². The van der Waals surface area contributed by atoms with Crippen molar-refractivity contribution >= 4 is 21.5 Å². The molecule has 27 heavy (non-hydrogen) atoms. The van der Waals surface area contributed by atoms with Gasteiger partial charge in [0.15, 0.2) is 0 Å². The highest BCUT2D eigenvalue weighted by Gasteiger charge is 2.21. The molecule has 0 spiro atoms. The molecule has 0 fully saturated rings. The number of carbonyl (C=O) groups excluding carboxylic acids is 1. The van der Waals surface area contributed by atoms with Crippen LogP contribution in [0.2, 0.25) is 0 Å². The van der Waals surface area contributed by atoms with Crippen LogP contribution in [-0.2, 0) is 10.0 Å².